The van der Waals surface area contributed by atoms with Crippen molar-refractivity contribution in [2.75, 3.05) is 7.05 Å². The van der Waals surface area contributed by atoms with Crippen molar-refractivity contribution >= 4 is 10.8 Å². The minimum absolute atomic E-state index is 0.439. The van der Waals surface area contributed by atoms with Crippen LogP contribution in [0.4, 0.5) is 0 Å². The Balaban J connectivity index is 2.25. The Labute approximate surface area is 108 Å². The van der Waals surface area contributed by atoms with Crippen LogP contribution in [0, 0.1) is 11.3 Å². The third kappa shape index (κ3) is 2.52. The molecular weight excluding hydrogens is 220 g/mol. The summed E-state index contributed by atoms with van der Waals surface area (Å²) in [5.41, 5.74) is 0.797. The van der Waals surface area contributed by atoms with Gasteiger partial charge in [-0.1, -0.05) is 36.4 Å². The summed E-state index contributed by atoms with van der Waals surface area (Å²) in [4.78, 5) is 2.07. The lowest BCUT2D eigenvalue weighted by Gasteiger charge is -2.29. The third-order valence-corrected chi connectivity index (χ3v) is 3.46. The van der Waals surface area contributed by atoms with Gasteiger partial charge < -0.3 is 0 Å². The number of nitrogens with zero attached hydrogens (tertiary/aromatic N) is 2. The van der Waals surface area contributed by atoms with Crippen LogP contribution < -0.4 is 0 Å². The fourth-order valence-electron chi connectivity index (χ4n) is 1.89. The molecule has 2 heteroatoms. The van der Waals surface area contributed by atoms with Crippen LogP contribution >= 0.6 is 0 Å². The molecule has 2 nitrogen and oxygen atoms in total. The Morgan fingerprint density at radius 2 is 1.78 bits per heavy atom. The summed E-state index contributed by atoms with van der Waals surface area (Å²) in [5.74, 6) is 0. The van der Waals surface area contributed by atoms with E-state index in [-0.39, 0.29) is 0 Å². The fraction of sp³-hybridized carbons (Fsp3) is 0.312. The number of nitriles is 1. The Morgan fingerprint density at radius 1 is 1.11 bits per heavy atom. The standard InChI is InChI=1S/C16H18N2/c1-16(2,12-17)18(3)11-13-8-9-14-6-4-5-7-15(14)10-13/h4-10H,11H2,1-3H3. The maximum absolute atomic E-state index is 9.12. The normalized spacial score (nSPS) is 11.7. The van der Waals surface area contributed by atoms with Crippen LogP contribution in [0.2, 0.25) is 0 Å². The van der Waals surface area contributed by atoms with Crippen LogP contribution in [0.15, 0.2) is 42.5 Å². The van der Waals surface area contributed by atoms with Gasteiger partial charge >= 0.3 is 0 Å². The van der Waals surface area contributed by atoms with Crippen molar-refractivity contribution in [2.24, 2.45) is 0 Å². The lowest BCUT2D eigenvalue weighted by atomic mass is 10.0. The van der Waals surface area contributed by atoms with E-state index in [0.29, 0.717) is 0 Å². The quantitative estimate of drug-likeness (QED) is 0.817. The molecule has 0 heterocycles. The first-order valence-corrected chi connectivity index (χ1v) is 6.13. The summed E-state index contributed by atoms with van der Waals surface area (Å²) in [6, 6.07) is 17.1. The number of hydrogen-bond donors (Lipinski definition) is 0. The highest BCUT2D eigenvalue weighted by Gasteiger charge is 2.22. The van der Waals surface area contributed by atoms with E-state index in [1.165, 1.54) is 16.3 Å². The molecule has 0 atom stereocenters. The van der Waals surface area contributed by atoms with Gasteiger partial charge in [-0.15, -0.1) is 0 Å². The smallest absolute Gasteiger partial charge is 0.103 e. The summed E-state index contributed by atoms with van der Waals surface area (Å²) in [7, 11) is 1.98. The molecule has 0 aromatic heterocycles. The zero-order valence-electron chi connectivity index (χ0n) is 11.1. The first-order chi connectivity index (χ1) is 8.53. The fourth-order valence-corrected chi connectivity index (χ4v) is 1.89. The summed E-state index contributed by atoms with van der Waals surface area (Å²) < 4.78 is 0. The second-order valence-electron chi connectivity index (χ2n) is 5.21. The van der Waals surface area contributed by atoms with Gasteiger partial charge in [-0.2, -0.15) is 5.26 Å². The van der Waals surface area contributed by atoms with Gasteiger partial charge in [-0.3, -0.25) is 4.90 Å². The molecule has 0 aliphatic rings. The van der Waals surface area contributed by atoms with E-state index in [2.05, 4.69) is 47.4 Å². The Kier molecular flexibility index (Phi) is 3.36. The highest BCUT2D eigenvalue weighted by Crippen LogP contribution is 2.19. The molecule has 18 heavy (non-hydrogen) atoms. The molecular formula is C16H18N2. The van der Waals surface area contributed by atoms with Crippen molar-refractivity contribution in [3.05, 3.63) is 48.0 Å². The molecule has 2 rings (SSSR count). The van der Waals surface area contributed by atoms with Crippen molar-refractivity contribution in [3.63, 3.8) is 0 Å². The average Bonchev–Trinajstić information content (AvgIpc) is 2.38. The van der Waals surface area contributed by atoms with E-state index in [9.17, 15) is 0 Å². The zero-order chi connectivity index (χ0) is 13.2. The van der Waals surface area contributed by atoms with Gasteiger partial charge in [0.25, 0.3) is 0 Å². The molecule has 0 aliphatic carbocycles. The highest BCUT2D eigenvalue weighted by atomic mass is 15.2. The van der Waals surface area contributed by atoms with Crippen molar-refractivity contribution < 1.29 is 0 Å². The van der Waals surface area contributed by atoms with Crippen molar-refractivity contribution in [2.45, 2.75) is 25.9 Å². The Hall–Kier alpha value is -1.85. The van der Waals surface area contributed by atoms with E-state index in [0.717, 1.165) is 6.54 Å². The van der Waals surface area contributed by atoms with E-state index >= 15 is 0 Å². The lowest BCUT2D eigenvalue weighted by Crippen LogP contribution is -2.38. The maximum atomic E-state index is 9.12. The Bertz CT molecular complexity index is 593. The summed E-state index contributed by atoms with van der Waals surface area (Å²) in [5, 5.41) is 11.6. The Morgan fingerprint density at radius 3 is 2.44 bits per heavy atom. The second kappa shape index (κ2) is 4.80. The third-order valence-electron chi connectivity index (χ3n) is 3.46. The molecule has 0 saturated heterocycles. The van der Waals surface area contributed by atoms with E-state index in [1.54, 1.807) is 0 Å². The van der Waals surface area contributed by atoms with Gasteiger partial charge in [0.1, 0.15) is 5.54 Å². The van der Waals surface area contributed by atoms with Gasteiger partial charge in [-0.05, 0) is 43.3 Å². The summed E-state index contributed by atoms with van der Waals surface area (Å²) in [6.45, 7) is 4.66. The lowest BCUT2D eigenvalue weighted by molar-refractivity contribution is 0.203. The van der Waals surface area contributed by atoms with Gasteiger partial charge in [0.2, 0.25) is 0 Å². The van der Waals surface area contributed by atoms with Gasteiger partial charge in [0, 0.05) is 6.54 Å². The van der Waals surface area contributed by atoms with Crippen molar-refractivity contribution in [3.8, 4) is 6.07 Å². The molecule has 0 fully saturated rings. The van der Waals surface area contributed by atoms with Crippen LogP contribution in [0.1, 0.15) is 19.4 Å². The molecule has 0 spiro atoms. The topological polar surface area (TPSA) is 27.0 Å². The first kappa shape index (κ1) is 12.6. The molecule has 0 unspecified atom stereocenters. The van der Waals surface area contributed by atoms with Crippen LogP contribution in [-0.2, 0) is 6.54 Å². The van der Waals surface area contributed by atoms with Crippen LogP contribution in [0.3, 0.4) is 0 Å². The van der Waals surface area contributed by atoms with Crippen LogP contribution in [0.5, 0.6) is 0 Å². The zero-order valence-corrected chi connectivity index (χ0v) is 11.1. The van der Waals surface area contributed by atoms with E-state index < -0.39 is 5.54 Å². The van der Waals surface area contributed by atoms with Gasteiger partial charge in [0.15, 0.2) is 0 Å². The van der Waals surface area contributed by atoms with Crippen molar-refractivity contribution in [1.82, 2.24) is 4.90 Å². The summed E-state index contributed by atoms with van der Waals surface area (Å²) in [6.07, 6.45) is 0. The molecule has 0 amide bonds. The summed E-state index contributed by atoms with van der Waals surface area (Å²) >= 11 is 0. The van der Waals surface area contributed by atoms with Crippen LogP contribution in [0.25, 0.3) is 10.8 Å². The van der Waals surface area contributed by atoms with E-state index in [4.69, 9.17) is 5.26 Å². The monoisotopic (exact) mass is 238 g/mol. The average molecular weight is 238 g/mol. The number of hydrogen-bond acceptors (Lipinski definition) is 2. The van der Waals surface area contributed by atoms with Crippen LogP contribution in [-0.4, -0.2) is 17.5 Å². The SMILES string of the molecule is CN(Cc1ccc2ccccc2c1)C(C)(C)C#N. The molecule has 92 valence electrons. The minimum atomic E-state index is -0.439. The predicted octanol–water partition coefficient (Wildman–Crippen LogP) is 3.57. The highest BCUT2D eigenvalue weighted by molar-refractivity contribution is 5.82. The first-order valence-electron chi connectivity index (χ1n) is 6.13. The van der Waals surface area contributed by atoms with E-state index in [1.807, 2.05) is 27.0 Å². The molecule has 2 aromatic rings. The largest absolute Gasteiger partial charge is 0.285 e. The molecule has 0 aliphatic heterocycles. The molecule has 0 saturated carbocycles. The second-order valence-corrected chi connectivity index (χ2v) is 5.21. The number of benzene rings is 2. The minimum Gasteiger partial charge on any atom is -0.285 e. The predicted molar refractivity (Wildman–Crippen MR) is 75.1 cm³/mol. The van der Waals surface area contributed by atoms with Gasteiger partial charge in [0.05, 0.1) is 6.07 Å². The number of fused-ring (bicyclic) bond motifs is 1. The number of rotatable bonds is 3. The maximum Gasteiger partial charge on any atom is 0.103 e. The molecule has 0 bridgehead atoms. The molecule has 0 N–H and O–H groups in total. The van der Waals surface area contributed by atoms with Gasteiger partial charge in [-0.25, -0.2) is 0 Å². The molecule has 2 aromatic carbocycles. The van der Waals surface area contributed by atoms with Crippen molar-refractivity contribution in [1.29, 1.82) is 5.26 Å². The molecule has 0 radical (unpaired) electrons.